The van der Waals surface area contributed by atoms with Crippen LogP contribution in [-0.2, 0) is 12.6 Å². The maximum Gasteiger partial charge on any atom is 0.416 e. The number of benzene rings is 3. The number of alkyl halides is 3. The van der Waals surface area contributed by atoms with E-state index in [0.29, 0.717) is 30.0 Å². The summed E-state index contributed by atoms with van der Waals surface area (Å²) in [6.45, 7) is 4.11. The summed E-state index contributed by atoms with van der Waals surface area (Å²) in [6.07, 6.45) is -3.29. The van der Waals surface area contributed by atoms with Crippen molar-refractivity contribution < 1.29 is 27.0 Å². The van der Waals surface area contributed by atoms with Crippen LogP contribution in [0.15, 0.2) is 79.0 Å². The molecular weight excluding hydrogens is 472 g/mol. The van der Waals surface area contributed by atoms with Crippen molar-refractivity contribution >= 4 is 0 Å². The lowest BCUT2D eigenvalue weighted by atomic mass is 9.95. The molecule has 0 spiro atoms. The van der Waals surface area contributed by atoms with E-state index in [1.54, 1.807) is 39.5 Å². The summed E-state index contributed by atoms with van der Waals surface area (Å²) in [5, 5.41) is 6.66. The second-order valence-corrected chi connectivity index (χ2v) is 8.33. The first-order valence-corrected chi connectivity index (χ1v) is 11.4. The van der Waals surface area contributed by atoms with Crippen molar-refractivity contribution in [2.75, 3.05) is 21.3 Å². The molecule has 0 amide bonds. The Hall–Kier alpha value is -3.52. The fourth-order valence-corrected chi connectivity index (χ4v) is 3.99. The van der Waals surface area contributed by atoms with Crippen molar-refractivity contribution in [3.05, 3.63) is 107 Å². The molecule has 8 heteroatoms. The molecule has 3 rings (SSSR count). The Balaban J connectivity index is 1.93. The number of aryl methyl sites for hydroxylation is 1. The summed E-state index contributed by atoms with van der Waals surface area (Å²) in [5.41, 5.74) is 2.50. The van der Waals surface area contributed by atoms with E-state index in [0.717, 1.165) is 28.8 Å². The third kappa shape index (κ3) is 6.79. The van der Waals surface area contributed by atoms with E-state index < -0.39 is 11.7 Å². The van der Waals surface area contributed by atoms with Gasteiger partial charge in [-0.15, -0.1) is 0 Å². The number of likely N-dealkylation sites (N-methyl/N-ethyl adjacent to an activating group) is 1. The molecule has 0 unspecified atom stereocenters. The molecule has 0 bridgehead atoms. The Morgan fingerprint density at radius 1 is 0.889 bits per heavy atom. The SMILES string of the molecule is C=C(NC)[C@H](N[C@H](CCc1ccc(C(F)(F)F)cc1)c1ccc(OC)c(OC)c1)c1ccc(F)cc1. The fraction of sp³-hybridized carbons (Fsp3) is 0.286. The van der Waals surface area contributed by atoms with Gasteiger partial charge in [0.25, 0.3) is 0 Å². The molecule has 2 N–H and O–H groups in total. The number of methoxy groups -OCH3 is 2. The molecule has 0 aliphatic carbocycles. The molecule has 0 aliphatic rings. The van der Waals surface area contributed by atoms with E-state index in [1.165, 1.54) is 24.3 Å². The van der Waals surface area contributed by atoms with Crippen LogP contribution in [0.2, 0.25) is 0 Å². The van der Waals surface area contributed by atoms with Crippen LogP contribution in [0.25, 0.3) is 0 Å². The highest BCUT2D eigenvalue weighted by atomic mass is 19.4. The molecule has 3 aromatic rings. The number of rotatable bonds is 11. The van der Waals surface area contributed by atoms with Crippen LogP contribution in [0.5, 0.6) is 11.5 Å². The van der Waals surface area contributed by atoms with Gasteiger partial charge in [0.1, 0.15) is 5.82 Å². The summed E-state index contributed by atoms with van der Waals surface area (Å²) in [5.74, 6) is 0.797. The van der Waals surface area contributed by atoms with Gasteiger partial charge in [-0.2, -0.15) is 13.2 Å². The summed E-state index contributed by atoms with van der Waals surface area (Å²) < 4.78 is 63.3. The third-order valence-electron chi connectivity index (χ3n) is 6.05. The van der Waals surface area contributed by atoms with Gasteiger partial charge in [0, 0.05) is 18.8 Å². The number of nitrogens with one attached hydrogen (secondary N) is 2. The lowest BCUT2D eigenvalue weighted by molar-refractivity contribution is -0.137. The maximum atomic E-state index is 13.6. The number of halogens is 4. The second-order valence-electron chi connectivity index (χ2n) is 8.33. The monoisotopic (exact) mass is 502 g/mol. The van der Waals surface area contributed by atoms with Crippen molar-refractivity contribution in [3.63, 3.8) is 0 Å². The van der Waals surface area contributed by atoms with Crippen molar-refractivity contribution in [1.29, 1.82) is 0 Å². The van der Waals surface area contributed by atoms with Crippen molar-refractivity contribution in [2.24, 2.45) is 0 Å². The number of hydrogen-bond acceptors (Lipinski definition) is 4. The highest BCUT2D eigenvalue weighted by Gasteiger charge is 2.30. The first-order chi connectivity index (χ1) is 17.2. The average Bonchev–Trinajstić information content (AvgIpc) is 2.88. The lowest BCUT2D eigenvalue weighted by Gasteiger charge is -2.29. The highest BCUT2D eigenvalue weighted by Crippen LogP contribution is 2.34. The molecule has 192 valence electrons. The third-order valence-corrected chi connectivity index (χ3v) is 6.05. The van der Waals surface area contributed by atoms with E-state index in [1.807, 2.05) is 12.1 Å². The molecule has 4 nitrogen and oxygen atoms in total. The van der Waals surface area contributed by atoms with Gasteiger partial charge < -0.3 is 14.8 Å². The minimum absolute atomic E-state index is 0.243. The zero-order chi connectivity index (χ0) is 26.3. The smallest absolute Gasteiger partial charge is 0.416 e. The van der Waals surface area contributed by atoms with Crippen LogP contribution in [0, 0.1) is 5.82 Å². The normalized spacial score (nSPS) is 13.1. The van der Waals surface area contributed by atoms with Crippen LogP contribution in [0.1, 0.15) is 40.8 Å². The van der Waals surface area contributed by atoms with E-state index in [-0.39, 0.29) is 17.9 Å². The van der Waals surface area contributed by atoms with Gasteiger partial charge in [-0.05, 0) is 65.9 Å². The van der Waals surface area contributed by atoms with Gasteiger partial charge in [-0.1, -0.05) is 36.9 Å². The first kappa shape index (κ1) is 27.1. The van der Waals surface area contributed by atoms with Crippen LogP contribution >= 0.6 is 0 Å². The summed E-state index contributed by atoms with van der Waals surface area (Å²) in [4.78, 5) is 0. The highest BCUT2D eigenvalue weighted by molar-refractivity contribution is 5.44. The topological polar surface area (TPSA) is 42.5 Å². The van der Waals surface area contributed by atoms with Gasteiger partial charge >= 0.3 is 6.18 Å². The Morgan fingerprint density at radius 3 is 2.06 bits per heavy atom. The Kier molecular flexibility index (Phi) is 8.98. The molecular formula is C28H30F4N2O2. The quantitative estimate of drug-likeness (QED) is 0.290. The largest absolute Gasteiger partial charge is 0.493 e. The summed E-state index contributed by atoms with van der Waals surface area (Å²) >= 11 is 0. The Morgan fingerprint density at radius 2 is 1.50 bits per heavy atom. The lowest BCUT2D eigenvalue weighted by Crippen LogP contribution is -2.31. The minimum atomic E-state index is -4.38. The molecule has 0 heterocycles. The predicted molar refractivity (Wildman–Crippen MR) is 133 cm³/mol. The second kappa shape index (κ2) is 11.9. The molecule has 0 fully saturated rings. The van der Waals surface area contributed by atoms with Gasteiger partial charge in [0.2, 0.25) is 0 Å². The zero-order valence-electron chi connectivity index (χ0n) is 20.5. The van der Waals surface area contributed by atoms with E-state index >= 15 is 0 Å². The maximum absolute atomic E-state index is 13.6. The Labute approximate surface area is 208 Å². The standard InChI is InChI=1S/C28H30F4N2O2/c1-18(33-2)27(20-8-13-23(29)14-9-20)34-24(21-10-16-25(35-3)26(17-21)36-4)15-7-19-5-11-22(12-6-19)28(30,31)32/h5-6,8-14,16-17,24,27,33-34H,1,7,15H2,2-4H3/t24-,27+/m1/s1. The van der Waals surface area contributed by atoms with Crippen LogP contribution in [0.3, 0.4) is 0 Å². The van der Waals surface area contributed by atoms with Gasteiger partial charge in [-0.3, -0.25) is 5.32 Å². The summed E-state index contributed by atoms with van der Waals surface area (Å²) in [6, 6.07) is 16.3. The van der Waals surface area contributed by atoms with Crippen LogP contribution < -0.4 is 20.1 Å². The number of hydrogen-bond donors (Lipinski definition) is 2. The molecule has 0 aromatic heterocycles. The Bertz CT molecular complexity index is 1150. The molecule has 36 heavy (non-hydrogen) atoms. The predicted octanol–water partition coefficient (Wildman–Crippen LogP) is 6.60. The van der Waals surface area contributed by atoms with E-state index in [2.05, 4.69) is 17.2 Å². The summed E-state index contributed by atoms with van der Waals surface area (Å²) in [7, 11) is 4.87. The van der Waals surface area contributed by atoms with Gasteiger partial charge in [-0.25, -0.2) is 4.39 Å². The van der Waals surface area contributed by atoms with Crippen molar-refractivity contribution in [1.82, 2.24) is 10.6 Å². The molecule has 3 aromatic carbocycles. The minimum Gasteiger partial charge on any atom is -0.493 e. The van der Waals surface area contributed by atoms with Gasteiger partial charge in [0.05, 0.1) is 25.8 Å². The van der Waals surface area contributed by atoms with Crippen molar-refractivity contribution in [2.45, 2.75) is 31.1 Å². The molecule has 0 saturated carbocycles. The van der Waals surface area contributed by atoms with E-state index in [9.17, 15) is 17.6 Å². The zero-order valence-corrected chi connectivity index (χ0v) is 20.5. The van der Waals surface area contributed by atoms with Crippen molar-refractivity contribution in [3.8, 4) is 11.5 Å². The fourth-order valence-electron chi connectivity index (χ4n) is 3.99. The molecule has 0 radical (unpaired) electrons. The molecule has 2 atom stereocenters. The number of ether oxygens (including phenoxy) is 2. The average molecular weight is 503 g/mol. The van der Waals surface area contributed by atoms with Gasteiger partial charge in [0.15, 0.2) is 11.5 Å². The van der Waals surface area contributed by atoms with Crippen LogP contribution in [-0.4, -0.2) is 21.3 Å². The first-order valence-electron chi connectivity index (χ1n) is 11.4. The molecule has 0 saturated heterocycles. The van der Waals surface area contributed by atoms with E-state index in [4.69, 9.17) is 9.47 Å². The van der Waals surface area contributed by atoms with Crippen LogP contribution in [0.4, 0.5) is 17.6 Å². The molecule has 0 aliphatic heterocycles.